The summed E-state index contributed by atoms with van der Waals surface area (Å²) in [7, 11) is -3.84. The topological polar surface area (TPSA) is 72.3 Å². The van der Waals surface area contributed by atoms with Crippen molar-refractivity contribution < 1.29 is 17.6 Å². The zero-order valence-corrected chi connectivity index (χ0v) is 20.4. The van der Waals surface area contributed by atoms with Gasteiger partial charge in [-0.15, -0.1) is 0 Å². The van der Waals surface area contributed by atoms with Gasteiger partial charge in [0.05, 0.1) is 30.7 Å². The Morgan fingerprint density at radius 1 is 0.917 bits per heavy atom. The molecule has 0 bridgehead atoms. The van der Waals surface area contributed by atoms with Crippen molar-refractivity contribution in [2.45, 2.75) is 42.9 Å². The fraction of sp³-hybridized carbons (Fsp3) is 0.214. The van der Waals surface area contributed by atoms with E-state index in [0.29, 0.717) is 23.4 Å². The van der Waals surface area contributed by atoms with E-state index in [2.05, 4.69) is 4.98 Å². The number of aromatic nitrogens is 2. The molecule has 0 unspecified atom stereocenters. The predicted molar refractivity (Wildman–Crippen MR) is 134 cm³/mol. The van der Waals surface area contributed by atoms with E-state index in [9.17, 15) is 17.6 Å². The first-order valence-corrected chi connectivity index (χ1v) is 13.5. The van der Waals surface area contributed by atoms with Gasteiger partial charge in [0, 0.05) is 11.6 Å². The molecule has 0 spiro atoms. The van der Waals surface area contributed by atoms with Crippen LogP contribution in [0.4, 0.5) is 4.39 Å². The summed E-state index contributed by atoms with van der Waals surface area (Å²) in [5.74, 6) is -0.804. The summed E-state index contributed by atoms with van der Waals surface area (Å²) in [6, 6.07) is 24.2. The number of carbonyl (C=O) groups is 1. The molecule has 1 aliphatic carbocycles. The van der Waals surface area contributed by atoms with Crippen LogP contribution in [-0.2, 0) is 28.7 Å². The molecule has 1 aliphatic rings. The Balaban J connectivity index is 1.50. The molecule has 1 fully saturated rings. The third-order valence-corrected chi connectivity index (χ3v) is 7.83. The summed E-state index contributed by atoms with van der Waals surface area (Å²) in [5, 5.41) is -0.0615. The second-order valence-corrected chi connectivity index (χ2v) is 10.9. The lowest BCUT2D eigenvalue weighted by molar-refractivity contribution is 0.0725. The summed E-state index contributed by atoms with van der Waals surface area (Å²) < 4.78 is 41.9. The first kappa shape index (κ1) is 23.9. The van der Waals surface area contributed by atoms with E-state index in [-0.39, 0.29) is 29.4 Å². The largest absolute Gasteiger partial charge is 0.330 e. The van der Waals surface area contributed by atoms with Crippen LogP contribution in [0.25, 0.3) is 0 Å². The van der Waals surface area contributed by atoms with Crippen LogP contribution in [-0.4, -0.2) is 34.8 Å². The minimum atomic E-state index is -3.84. The molecule has 6 nitrogen and oxygen atoms in total. The fourth-order valence-corrected chi connectivity index (χ4v) is 5.73. The molecular weight excluding hydrogens is 477 g/mol. The molecule has 5 rings (SSSR count). The number of sulfone groups is 1. The minimum absolute atomic E-state index is 0.0615. The third-order valence-electron chi connectivity index (χ3n) is 6.23. The summed E-state index contributed by atoms with van der Waals surface area (Å²) >= 11 is 0. The highest BCUT2D eigenvalue weighted by molar-refractivity contribution is 7.90. The van der Waals surface area contributed by atoms with Crippen LogP contribution >= 0.6 is 0 Å². The van der Waals surface area contributed by atoms with Crippen molar-refractivity contribution >= 4 is 15.7 Å². The van der Waals surface area contributed by atoms with E-state index in [1.54, 1.807) is 22.9 Å². The number of hydrogen-bond donors (Lipinski definition) is 0. The number of rotatable bonds is 9. The van der Waals surface area contributed by atoms with E-state index >= 15 is 0 Å². The third kappa shape index (κ3) is 5.39. The van der Waals surface area contributed by atoms with E-state index in [4.69, 9.17) is 0 Å². The van der Waals surface area contributed by atoms with Gasteiger partial charge in [0.1, 0.15) is 5.82 Å². The van der Waals surface area contributed by atoms with Gasteiger partial charge in [-0.1, -0.05) is 60.7 Å². The van der Waals surface area contributed by atoms with Crippen LogP contribution in [0.5, 0.6) is 0 Å². The first-order chi connectivity index (χ1) is 17.4. The van der Waals surface area contributed by atoms with Crippen molar-refractivity contribution in [2.75, 3.05) is 0 Å². The maximum absolute atomic E-state index is 13.4. The normalized spacial score (nSPS) is 13.5. The van der Waals surface area contributed by atoms with Crippen LogP contribution in [0.3, 0.4) is 0 Å². The number of amides is 1. The first-order valence-electron chi connectivity index (χ1n) is 11.8. The van der Waals surface area contributed by atoms with Crippen molar-refractivity contribution in [2.24, 2.45) is 0 Å². The maximum atomic E-state index is 13.4. The standard InChI is InChI=1S/C28H26FN3O3S/c29-24-13-11-22(12-14-24)20-36(34,35)28-30-17-26(32(28)18-21-7-3-1-4-8-21)19-31(25-15-16-25)27(33)23-9-5-2-6-10-23/h1-14,17,25H,15-16,18-20H2. The van der Waals surface area contributed by atoms with Gasteiger partial charge in [-0.3, -0.25) is 4.79 Å². The van der Waals surface area contributed by atoms with Gasteiger partial charge >= 0.3 is 0 Å². The van der Waals surface area contributed by atoms with Crippen molar-refractivity contribution in [3.8, 4) is 0 Å². The van der Waals surface area contributed by atoms with E-state index in [1.165, 1.54) is 24.3 Å². The number of carbonyl (C=O) groups excluding carboxylic acids is 1. The number of benzene rings is 3. The average molecular weight is 504 g/mol. The molecule has 4 aromatic rings. The van der Waals surface area contributed by atoms with Crippen LogP contribution in [0.15, 0.2) is 96.3 Å². The monoisotopic (exact) mass is 503 g/mol. The Kier molecular flexibility index (Phi) is 6.69. The number of halogens is 1. The molecule has 36 heavy (non-hydrogen) atoms. The molecule has 8 heteroatoms. The molecule has 1 amide bonds. The summed E-state index contributed by atoms with van der Waals surface area (Å²) in [6.07, 6.45) is 3.39. The van der Waals surface area contributed by atoms with Crippen molar-refractivity contribution in [3.05, 3.63) is 119 Å². The SMILES string of the molecule is O=C(c1ccccc1)N(Cc1cnc(S(=O)(=O)Cc2ccc(F)cc2)n1Cc1ccccc1)C1CC1. The minimum Gasteiger partial charge on any atom is -0.330 e. The molecule has 1 aromatic heterocycles. The lowest BCUT2D eigenvalue weighted by Crippen LogP contribution is -2.33. The molecule has 0 radical (unpaired) electrons. The van der Waals surface area contributed by atoms with Crippen LogP contribution in [0.2, 0.25) is 0 Å². The van der Waals surface area contributed by atoms with Crippen molar-refractivity contribution in [3.63, 3.8) is 0 Å². The molecule has 1 saturated carbocycles. The Labute approximate surface area is 210 Å². The fourth-order valence-electron chi connectivity index (χ4n) is 4.24. The van der Waals surface area contributed by atoms with Gasteiger partial charge in [0.2, 0.25) is 15.0 Å². The summed E-state index contributed by atoms with van der Waals surface area (Å²) in [6.45, 7) is 0.552. The van der Waals surface area contributed by atoms with Gasteiger partial charge in [0.15, 0.2) is 0 Å². The second kappa shape index (κ2) is 10.1. The van der Waals surface area contributed by atoms with Gasteiger partial charge in [0.25, 0.3) is 5.91 Å². The number of imidazole rings is 1. The highest BCUT2D eigenvalue weighted by Crippen LogP contribution is 2.31. The Morgan fingerprint density at radius 3 is 2.19 bits per heavy atom. The van der Waals surface area contributed by atoms with Crippen molar-refractivity contribution in [1.82, 2.24) is 14.5 Å². The van der Waals surface area contributed by atoms with Gasteiger partial charge < -0.3 is 9.47 Å². The highest BCUT2D eigenvalue weighted by Gasteiger charge is 2.34. The van der Waals surface area contributed by atoms with Crippen LogP contribution in [0, 0.1) is 5.82 Å². The Bertz CT molecular complexity index is 1450. The van der Waals surface area contributed by atoms with E-state index in [0.717, 1.165) is 18.4 Å². The summed E-state index contributed by atoms with van der Waals surface area (Å²) in [5.41, 5.74) is 2.64. The Morgan fingerprint density at radius 2 is 1.56 bits per heavy atom. The van der Waals surface area contributed by atoms with Gasteiger partial charge in [-0.2, -0.15) is 0 Å². The molecule has 184 valence electrons. The molecule has 0 atom stereocenters. The predicted octanol–water partition coefficient (Wildman–Crippen LogP) is 4.85. The van der Waals surface area contributed by atoms with Crippen molar-refractivity contribution in [1.29, 1.82) is 0 Å². The molecule has 0 N–H and O–H groups in total. The highest BCUT2D eigenvalue weighted by atomic mass is 32.2. The van der Waals surface area contributed by atoms with Gasteiger partial charge in [-0.25, -0.2) is 17.8 Å². The zero-order chi connectivity index (χ0) is 25.1. The summed E-state index contributed by atoms with van der Waals surface area (Å²) in [4.78, 5) is 19.5. The Hall–Kier alpha value is -3.78. The van der Waals surface area contributed by atoms with Gasteiger partial charge in [-0.05, 0) is 48.2 Å². The maximum Gasteiger partial charge on any atom is 0.254 e. The number of nitrogens with zero attached hydrogens (tertiary/aromatic N) is 3. The average Bonchev–Trinajstić information content (AvgIpc) is 3.65. The second-order valence-electron chi connectivity index (χ2n) is 9.02. The zero-order valence-electron chi connectivity index (χ0n) is 19.6. The quantitative estimate of drug-likeness (QED) is 0.327. The van der Waals surface area contributed by atoms with E-state index in [1.807, 2.05) is 53.4 Å². The smallest absolute Gasteiger partial charge is 0.254 e. The molecule has 0 saturated heterocycles. The molecule has 1 heterocycles. The van der Waals surface area contributed by atoms with E-state index < -0.39 is 15.7 Å². The molecule has 3 aromatic carbocycles. The number of hydrogen-bond acceptors (Lipinski definition) is 4. The van der Waals surface area contributed by atoms with Crippen LogP contribution < -0.4 is 0 Å². The lowest BCUT2D eigenvalue weighted by atomic mass is 10.2. The lowest BCUT2D eigenvalue weighted by Gasteiger charge is -2.23. The molecule has 0 aliphatic heterocycles. The molecular formula is C28H26FN3O3S. The van der Waals surface area contributed by atoms with Crippen LogP contribution in [0.1, 0.15) is 40.0 Å².